The van der Waals surface area contributed by atoms with Gasteiger partial charge in [0.1, 0.15) is 6.33 Å². The molecule has 0 aliphatic carbocycles. The SMILES string of the molecule is CCN(CC)C(=O)C1CCCN(c2nc3c(NCc4cccc(C(F)(F)F)c4)ncnc3n2C(C)C)C1. The van der Waals surface area contributed by atoms with Gasteiger partial charge >= 0.3 is 6.18 Å². The molecule has 1 aliphatic rings. The molecular weight excluding hydrogens is 483 g/mol. The first kappa shape index (κ1) is 26.7. The molecule has 37 heavy (non-hydrogen) atoms. The summed E-state index contributed by atoms with van der Waals surface area (Å²) in [5.41, 5.74) is 0.989. The van der Waals surface area contributed by atoms with Crippen LogP contribution in [0.2, 0.25) is 0 Å². The lowest BCUT2D eigenvalue weighted by atomic mass is 9.96. The summed E-state index contributed by atoms with van der Waals surface area (Å²) < 4.78 is 41.4. The zero-order valence-electron chi connectivity index (χ0n) is 21.7. The lowest BCUT2D eigenvalue weighted by Gasteiger charge is -2.35. The van der Waals surface area contributed by atoms with E-state index in [1.54, 1.807) is 6.07 Å². The van der Waals surface area contributed by atoms with E-state index in [2.05, 4.69) is 20.2 Å². The van der Waals surface area contributed by atoms with Crippen molar-refractivity contribution in [3.05, 3.63) is 41.7 Å². The number of halogens is 3. The second-order valence-electron chi connectivity index (χ2n) is 9.62. The average molecular weight is 518 g/mol. The normalized spacial score (nSPS) is 16.4. The molecule has 4 rings (SSSR count). The van der Waals surface area contributed by atoms with Gasteiger partial charge in [0, 0.05) is 38.8 Å². The molecule has 1 aromatic carbocycles. The Hall–Kier alpha value is -3.37. The highest BCUT2D eigenvalue weighted by Crippen LogP contribution is 2.32. The first-order valence-electron chi connectivity index (χ1n) is 12.8. The van der Waals surface area contributed by atoms with Crippen molar-refractivity contribution in [2.75, 3.05) is 36.4 Å². The van der Waals surface area contributed by atoms with Gasteiger partial charge in [-0.2, -0.15) is 13.2 Å². The molecule has 0 radical (unpaired) electrons. The van der Waals surface area contributed by atoms with E-state index in [9.17, 15) is 18.0 Å². The number of piperidine rings is 1. The van der Waals surface area contributed by atoms with E-state index in [0.717, 1.165) is 37.5 Å². The maximum Gasteiger partial charge on any atom is 0.416 e. The van der Waals surface area contributed by atoms with Crippen molar-refractivity contribution in [3.63, 3.8) is 0 Å². The van der Waals surface area contributed by atoms with Gasteiger partial charge in [-0.15, -0.1) is 0 Å². The number of nitrogens with one attached hydrogen (secondary N) is 1. The zero-order chi connectivity index (χ0) is 26.7. The molecule has 200 valence electrons. The van der Waals surface area contributed by atoms with Gasteiger partial charge in [0.05, 0.1) is 11.5 Å². The van der Waals surface area contributed by atoms with Gasteiger partial charge in [-0.25, -0.2) is 15.0 Å². The van der Waals surface area contributed by atoms with E-state index in [-0.39, 0.29) is 24.4 Å². The number of carbonyl (C=O) groups excluding carboxylic acids is 1. The summed E-state index contributed by atoms with van der Waals surface area (Å²) >= 11 is 0. The van der Waals surface area contributed by atoms with Gasteiger partial charge < -0.3 is 15.1 Å². The average Bonchev–Trinajstić information content (AvgIpc) is 3.28. The Morgan fingerprint density at radius 3 is 2.65 bits per heavy atom. The molecule has 1 aliphatic heterocycles. The summed E-state index contributed by atoms with van der Waals surface area (Å²) in [6.07, 6.45) is -1.24. The van der Waals surface area contributed by atoms with E-state index in [4.69, 9.17) is 4.98 Å². The topological polar surface area (TPSA) is 79.2 Å². The van der Waals surface area contributed by atoms with Crippen LogP contribution >= 0.6 is 0 Å². The Bertz CT molecular complexity index is 1240. The lowest BCUT2D eigenvalue weighted by molar-refractivity contribution is -0.137. The Kier molecular flexibility index (Phi) is 7.89. The number of benzene rings is 1. The van der Waals surface area contributed by atoms with Crippen LogP contribution in [0.15, 0.2) is 30.6 Å². The van der Waals surface area contributed by atoms with E-state index in [1.165, 1.54) is 12.4 Å². The van der Waals surface area contributed by atoms with Crippen LogP contribution in [0.25, 0.3) is 11.2 Å². The van der Waals surface area contributed by atoms with Gasteiger partial charge in [0.25, 0.3) is 0 Å². The lowest BCUT2D eigenvalue weighted by Crippen LogP contribution is -2.45. The molecule has 1 fully saturated rings. The van der Waals surface area contributed by atoms with Gasteiger partial charge in [-0.3, -0.25) is 9.36 Å². The Morgan fingerprint density at radius 2 is 1.97 bits per heavy atom. The molecule has 11 heteroatoms. The van der Waals surface area contributed by atoms with E-state index < -0.39 is 11.7 Å². The van der Waals surface area contributed by atoms with Crippen LogP contribution in [0.1, 0.15) is 57.7 Å². The molecule has 1 unspecified atom stereocenters. The number of aromatic nitrogens is 4. The summed E-state index contributed by atoms with van der Waals surface area (Å²) in [7, 11) is 0. The fourth-order valence-electron chi connectivity index (χ4n) is 4.92. The maximum atomic E-state index is 13.1. The van der Waals surface area contributed by atoms with Crippen LogP contribution in [0.4, 0.5) is 24.9 Å². The Morgan fingerprint density at radius 1 is 1.22 bits per heavy atom. The third-order valence-corrected chi connectivity index (χ3v) is 6.82. The van der Waals surface area contributed by atoms with Crippen molar-refractivity contribution < 1.29 is 18.0 Å². The number of amides is 1. The Balaban J connectivity index is 1.63. The molecule has 8 nitrogen and oxygen atoms in total. The number of hydrogen-bond donors (Lipinski definition) is 1. The van der Waals surface area contributed by atoms with Gasteiger partial charge in [-0.05, 0) is 58.2 Å². The summed E-state index contributed by atoms with van der Waals surface area (Å²) in [6.45, 7) is 11.0. The van der Waals surface area contributed by atoms with E-state index in [0.29, 0.717) is 42.2 Å². The molecule has 0 spiro atoms. The quantitative estimate of drug-likeness (QED) is 0.447. The molecule has 1 atom stereocenters. The number of hydrogen-bond acceptors (Lipinski definition) is 6. The first-order valence-corrected chi connectivity index (χ1v) is 12.8. The summed E-state index contributed by atoms with van der Waals surface area (Å²) in [6, 6.07) is 5.27. The smallest absolute Gasteiger partial charge is 0.364 e. The fourth-order valence-corrected chi connectivity index (χ4v) is 4.92. The maximum absolute atomic E-state index is 13.1. The molecule has 1 N–H and O–H groups in total. The fraction of sp³-hybridized carbons (Fsp3) is 0.538. The third-order valence-electron chi connectivity index (χ3n) is 6.82. The number of rotatable bonds is 8. The van der Waals surface area contributed by atoms with Gasteiger partial charge in [-0.1, -0.05) is 12.1 Å². The number of anilines is 2. The Labute approximate surface area is 214 Å². The minimum atomic E-state index is -4.40. The van der Waals surface area contributed by atoms with E-state index in [1.807, 2.05) is 37.2 Å². The zero-order valence-corrected chi connectivity index (χ0v) is 21.7. The van der Waals surface area contributed by atoms with Crippen LogP contribution in [0.5, 0.6) is 0 Å². The molecular formula is C26H34F3N7O. The van der Waals surface area contributed by atoms with Gasteiger partial charge in [0.15, 0.2) is 17.0 Å². The highest BCUT2D eigenvalue weighted by Gasteiger charge is 2.32. The van der Waals surface area contributed by atoms with Gasteiger partial charge in [0.2, 0.25) is 11.9 Å². The molecule has 1 amide bonds. The molecule has 3 heterocycles. The number of carbonyl (C=O) groups is 1. The van der Waals surface area contributed by atoms with Crippen molar-refractivity contribution >= 4 is 28.8 Å². The van der Waals surface area contributed by atoms with Crippen molar-refractivity contribution in [1.82, 2.24) is 24.4 Å². The van der Waals surface area contributed by atoms with Crippen LogP contribution in [0, 0.1) is 5.92 Å². The van der Waals surface area contributed by atoms with Crippen LogP contribution < -0.4 is 10.2 Å². The molecule has 0 saturated carbocycles. The second kappa shape index (κ2) is 10.9. The van der Waals surface area contributed by atoms with Crippen LogP contribution in [-0.2, 0) is 17.5 Å². The molecule has 0 bridgehead atoms. The first-order chi connectivity index (χ1) is 17.6. The van der Waals surface area contributed by atoms with Crippen molar-refractivity contribution in [1.29, 1.82) is 0 Å². The number of imidazole rings is 1. The number of alkyl halides is 3. The summed E-state index contributed by atoms with van der Waals surface area (Å²) in [5, 5.41) is 3.15. The van der Waals surface area contributed by atoms with Crippen molar-refractivity contribution in [3.8, 4) is 0 Å². The molecule has 1 saturated heterocycles. The third kappa shape index (κ3) is 5.65. The minimum absolute atomic E-state index is 0.0464. The predicted molar refractivity (Wildman–Crippen MR) is 137 cm³/mol. The minimum Gasteiger partial charge on any atom is -0.364 e. The number of fused-ring (bicyclic) bond motifs is 1. The highest BCUT2D eigenvalue weighted by atomic mass is 19.4. The second-order valence-corrected chi connectivity index (χ2v) is 9.62. The summed E-state index contributed by atoms with van der Waals surface area (Å²) in [4.78, 5) is 30.8. The van der Waals surface area contributed by atoms with Crippen molar-refractivity contribution in [2.24, 2.45) is 5.92 Å². The summed E-state index contributed by atoms with van der Waals surface area (Å²) in [5.74, 6) is 1.25. The standard InChI is InChI=1S/C26H34F3N7O/c1-5-34(6-2)24(37)19-10-8-12-35(15-19)25-33-21-22(31-16-32-23(21)36(25)17(3)4)30-14-18-9-7-11-20(13-18)26(27,28)29/h7,9,11,13,16-17,19H,5-6,8,10,12,14-15H2,1-4H3,(H,30,31,32). The highest BCUT2D eigenvalue weighted by molar-refractivity contribution is 5.86. The molecule has 3 aromatic rings. The predicted octanol–water partition coefficient (Wildman–Crippen LogP) is 5.12. The largest absolute Gasteiger partial charge is 0.416 e. The van der Waals surface area contributed by atoms with Crippen LogP contribution in [-0.4, -0.2) is 56.5 Å². The molecule has 2 aromatic heterocycles. The number of nitrogens with zero attached hydrogens (tertiary/aromatic N) is 6. The monoisotopic (exact) mass is 517 g/mol. The van der Waals surface area contributed by atoms with Crippen molar-refractivity contribution in [2.45, 2.75) is 59.3 Å². The van der Waals surface area contributed by atoms with Crippen LogP contribution in [0.3, 0.4) is 0 Å². The van der Waals surface area contributed by atoms with E-state index >= 15 is 0 Å².